The predicted molar refractivity (Wildman–Crippen MR) is 71.8 cm³/mol. The van der Waals surface area contributed by atoms with Crippen LogP contribution < -0.4 is 11.1 Å². The Kier molecular flexibility index (Phi) is 3.88. The Morgan fingerprint density at radius 3 is 2.62 bits per heavy atom. The van der Waals surface area contributed by atoms with Crippen molar-refractivity contribution in [2.75, 3.05) is 11.1 Å². The van der Waals surface area contributed by atoms with E-state index in [4.69, 9.17) is 5.73 Å². The summed E-state index contributed by atoms with van der Waals surface area (Å²) < 4.78 is 38.5. The van der Waals surface area contributed by atoms with E-state index < -0.39 is 17.6 Å². The number of amides is 1. The fourth-order valence-corrected chi connectivity index (χ4v) is 1.85. The van der Waals surface area contributed by atoms with E-state index in [0.717, 1.165) is 6.07 Å². The van der Waals surface area contributed by atoms with Crippen LogP contribution in [0.5, 0.6) is 0 Å². The Morgan fingerprint density at radius 1 is 1.38 bits per heavy atom. The number of nitrogens with one attached hydrogen (secondary N) is 2. The van der Waals surface area contributed by atoms with Gasteiger partial charge in [0.25, 0.3) is 5.91 Å². The molecule has 0 saturated carbocycles. The SMILES string of the molecule is CCc1[nH]nc(C(=O)Nc2ccccc2C(F)(F)F)c1N. The molecule has 0 unspecified atom stereocenters. The number of alkyl halides is 3. The average Bonchev–Trinajstić information content (AvgIpc) is 2.79. The molecule has 0 spiro atoms. The van der Waals surface area contributed by atoms with Crippen LogP contribution in [0.3, 0.4) is 0 Å². The largest absolute Gasteiger partial charge is 0.418 e. The first-order valence-corrected chi connectivity index (χ1v) is 6.14. The smallest absolute Gasteiger partial charge is 0.395 e. The molecular formula is C13H13F3N4O. The maximum Gasteiger partial charge on any atom is 0.418 e. The quantitative estimate of drug-likeness (QED) is 0.814. The lowest BCUT2D eigenvalue weighted by atomic mass is 10.1. The summed E-state index contributed by atoms with van der Waals surface area (Å²) in [6.45, 7) is 1.81. The number of hydrogen-bond acceptors (Lipinski definition) is 3. The Hall–Kier alpha value is -2.51. The number of para-hydroxylation sites is 1. The van der Waals surface area contributed by atoms with E-state index in [1.807, 2.05) is 6.92 Å². The zero-order valence-electron chi connectivity index (χ0n) is 11.1. The van der Waals surface area contributed by atoms with E-state index in [1.165, 1.54) is 18.2 Å². The first-order valence-electron chi connectivity index (χ1n) is 6.14. The number of halogens is 3. The molecule has 4 N–H and O–H groups in total. The van der Waals surface area contributed by atoms with Crippen molar-refractivity contribution in [1.82, 2.24) is 10.2 Å². The maximum absolute atomic E-state index is 12.8. The second kappa shape index (κ2) is 5.47. The summed E-state index contributed by atoms with van der Waals surface area (Å²) in [7, 11) is 0. The molecule has 1 aromatic carbocycles. The number of hydrogen-bond donors (Lipinski definition) is 3. The van der Waals surface area contributed by atoms with E-state index in [-0.39, 0.29) is 17.1 Å². The molecule has 112 valence electrons. The van der Waals surface area contributed by atoms with Gasteiger partial charge in [-0.3, -0.25) is 9.89 Å². The van der Waals surface area contributed by atoms with Gasteiger partial charge in [0.15, 0.2) is 5.69 Å². The van der Waals surface area contributed by atoms with Crippen LogP contribution in [-0.2, 0) is 12.6 Å². The number of nitrogens with zero attached hydrogens (tertiary/aromatic N) is 1. The van der Waals surface area contributed by atoms with Crippen LogP contribution in [-0.4, -0.2) is 16.1 Å². The summed E-state index contributed by atoms with van der Waals surface area (Å²) in [6.07, 6.45) is -4.03. The number of aryl methyl sites for hydroxylation is 1. The molecule has 21 heavy (non-hydrogen) atoms. The molecule has 0 fully saturated rings. The van der Waals surface area contributed by atoms with Crippen LogP contribution in [0.1, 0.15) is 28.7 Å². The average molecular weight is 298 g/mol. The number of benzene rings is 1. The molecule has 0 bridgehead atoms. The van der Waals surface area contributed by atoms with E-state index >= 15 is 0 Å². The molecule has 0 radical (unpaired) electrons. The van der Waals surface area contributed by atoms with Gasteiger partial charge < -0.3 is 11.1 Å². The highest BCUT2D eigenvalue weighted by molar-refractivity contribution is 6.06. The van der Waals surface area contributed by atoms with Crippen LogP contribution in [0.4, 0.5) is 24.5 Å². The number of carbonyl (C=O) groups excluding carboxylic acids is 1. The number of aromatic nitrogens is 2. The summed E-state index contributed by atoms with van der Waals surface area (Å²) in [5, 5.41) is 8.50. The summed E-state index contributed by atoms with van der Waals surface area (Å²) in [6, 6.07) is 4.71. The van der Waals surface area contributed by atoms with Gasteiger partial charge in [-0.2, -0.15) is 18.3 Å². The molecule has 0 aliphatic carbocycles. The predicted octanol–water partition coefficient (Wildman–Crippen LogP) is 2.83. The number of carbonyl (C=O) groups is 1. The lowest BCUT2D eigenvalue weighted by Crippen LogP contribution is -2.18. The normalized spacial score (nSPS) is 11.4. The summed E-state index contributed by atoms with van der Waals surface area (Å²) in [4.78, 5) is 12.0. The fourth-order valence-electron chi connectivity index (χ4n) is 1.85. The van der Waals surface area contributed by atoms with E-state index in [1.54, 1.807) is 0 Å². The Morgan fingerprint density at radius 2 is 2.05 bits per heavy atom. The lowest BCUT2D eigenvalue weighted by Gasteiger charge is -2.12. The van der Waals surface area contributed by atoms with Crippen LogP contribution in [0.15, 0.2) is 24.3 Å². The Bertz CT molecular complexity index is 664. The number of anilines is 2. The molecule has 8 heteroatoms. The number of rotatable bonds is 3. The van der Waals surface area contributed by atoms with E-state index in [2.05, 4.69) is 15.5 Å². The van der Waals surface area contributed by atoms with E-state index in [0.29, 0.717) is 12.1 Å². The van der Waals surface area contributed by atoms with Crippen LogP contribution >= 0.6 is 0 Å². The highest BCUT2D eigenvalue weighted by atomic mass is 19.4. The van der Waals surface area contributed by atoms with Crippen molar-refractivity contribution in [2.45, 2.75) is 19.5 Å². The second-order valence-electron chi connectivity index (χ2n) is 4.32. The summed E-state index contributed by atoms with van der Waals surface area (Å²) in [5.41, 5.74) is 5.03. The molecule has 1 amide bonds. The maximum atomic E-state index is 12.8. The number of nitrogens with two attached hydrogens (primary N) is 1. The van der Waals surface area contributed by atoms with Crippen molar-refractivity contribution in [1.29, 1.82) is 0 Å². The van der Waals surface area contributed by atoms with Gasteiger partial charge in [0.05, 0.1) is 22.6 Å². The number of nitrogen functional groups attached to an aromatic ring is 1. The standard InChI is InChI=1S/C13H13F3N4O/c1-2-8-10(17)11(20-19-8)12(21)18-9-6-4-3-5-7(9)13(14,15)16/h3-6H,2,17H2,1H3,(H,18,21)(H,19,20). The second-order valence-corrected chi connectivity index (χ2v) is 4.32. The lowest BCUT2D eigenvalue weighted by molar-refractivity contribution is -0.136. The minimum absolute atomic E-state index is 0.121. The molecule has 0 aliphatic heterocycles. The van der Waals surface area contributed by atoms with Crippen molar-refractivity contribution >= 4 is 17.3 Å². The minimum Gasteiger partial charge on any atom is -0.395 e. The van der Waals surface area contributed by atoms with Gasteiger partial charge in [-0.1, -0.05) is 19.1 Å². The molecule has 1 aromatic heterocycles. The molecule has 2 rings (SSSR count). The van der Waals surface area contributed by atoms with Crippen LogP contribution in [0.25, 0.3) is 0 Å². The number of aromatic amines is 1. The zero-order valence-corrected chi connectivity index (χ0v) is 11.1. The van der Waals surface area contributed by atoms with Gasteiger partial charge in [-0.15, -0.1) is 0 Å². The Labute approximate surface area is 118 Å². The van der Waals surface area contributed by atoms with Crippen LogP contribution in [0.2, 0.25) is 0 Å². The van der Waals surface area contributed by atoms with Crippen LogP contribution in [0, 0.1) is 0 Å². The van der Waals surface area contributed by atoms with Gasteiger partial charge in [-0.05, 0) is 18.6 Å². The topological polar surface area (TPSA) is 83.8 Å². The molecule has 0 atom stereocenters. The van der Waals surface area contributed by atoms with Gasteiger partial charge in [0.1, 0.15) is 0 Å². The van der Waals surface area contributed by atoms with Crippen molar-refractivity contribution < 1.29 is 18.0 Å². The third kappa shape index (κ3) is 2.99. The van der Waals surface area contributed by atoms with Gasteiger partial charge in [0.2, 0.25) is 0 Å². The van der Waals surface area contributed by atoms with Gasteiger partial charge in [0, 0.05) is 0 Å². The molecule has 5 nitrogen and oxygen atoms in total. The van der Waals surface area contributed by atoms with Crippen molar-refractivity contribution in [3.63, 3.8) is 0 Å². The summed E-state index contributed by atoms with van der Waals surface area (Å²) in [5.74, 6) is -0.792. The first kappa shape index (κ1) is 14.9. The number of H-pyrrole nitrogens is 1. The highest BCUT2D eigenvalue weighted by Crippen LogP contribution is 2.34. The summed E-state index contributed by atoms with van der Waals surface area (Å²) >= 11 is 0. The van der Waals surface area contributed by atoms with E-state index in [9.17, 15) is 18.0 Å². The van der Waals surface area contributed by atoms with Crippen molar-refractivity contribution in [2.24, 2.45) is 0 Å². The zero-order chi connectivity index (χ0) is 15.6. The third-order valence-corrected chi connectivity index (χ3v) is 2.93. The van der Waals surface area contributed by atoms with Gasteiger partial charge in [-0.25, -0.2) is 0 Å². The fraction of sp³-hybridized carbons (Fsp3) is 0.231. The van der Waals surface area contributed by atoms with Gasteiger partial charge >= 0.3 is 6.18 Å². The molecule has 0 aliphatic rings. The monoisotopic (exact) mass is 298 g/mol. The molecule has 1 heterocycles. The molecule has 2 aromatic rings. The highest BCUT2D eigenvalue weighted by Gasteiger charge is 2.33. The molecule has 0 saturated heterocycles. The molecular weight excluding hydrogens is 285 g/mol. The van der Waals surface area contributed by atoms with Crippen molar-refractivity contribution in [3.05, 3.63) is 41.2 Å². The Balaban J connectivity index is 2.30. The third-order valence-electron chi connectivity index (χ3n) is 2.93. The minimum atomic E-state index is -4.56. The van der Waals surface area contributed by atoms with Crippen molar-refractivity contribution in [3.8, 4) is 0 Å². The first-order chi connectivity index (χ1) is 9.84.